The van der Waals surface area contributed by atoms with Crippen LogP contribution in [0.4, 0.5) is 17.1 Å². The zero-order valence-electron chi connectivity index (χ0n) is 9.82. The number of hydrogen-bond acceptors (Lipinski definition) is 5. The van der Waals surface area contributed by atoms with Crippen molar-refractivity contribution in [2.75, 3.05) is 18.5 Å². The topological polar surface area (TPSA) is 69.9 Å². The molecule has 0 amide bonds. The Morgan fingerprint density at radius 3 is 2.50 bits per heavy atom. The maximum Gasteiger partial charge on any atom is 0.104 e. The van der Waals surface area contributed by atoms with E-state index in [1.807, 2.05) is 36.4 Å². The molecule has 0 fully saturated rings. The highest BCUT2D eigenvalue weighted by Crippen LogP contribution is 2.19. The largest absolute Gasteiger partial charge is 0.395 e. The number of azo groups is 1. The predicted octanol–water partition coefficient (Wildman–Crippen LogP) is 2.90. The van der Waals surface area contributed by atoms with Crippen LogP contribution in [0.3, 0.4) is 0 Å². The Kier molecular flexibility index (Phi) is 4.38. The number of nitrogens with one attached hydrogen (secondary N) is 1. The second kappa shape index (κ2) is 6.46. The molecule has 0 atom stereocenters. The van der Waals surface area contributed by atoms with Gasteiger partial charge in [-0.2, -0.15) is 5.11 Å². The van der Waals surface area contributed by atoms with Gasteiger partial charge in [0.2, 0.25) is 0 Å². The number of aromatic nitrogens is 1. The standard InChI is InChI=1S/C13H14N4O/c18-9-8-15-11-3-5-12(6-4-11)16-17-13-2-1-7-14-10-13/h1-7,10,15,18H,8-9H2. The fourth-order valence-electron chi connectivity index (χ4n) is 1.37. The van der Waals surface area contributed by atoms with Gasteiger partial charge in [-0.15, -0.1) is 5.11 Å². The quantitative estimate of drug-likeness (QED) is 0.792. The molecule has 0 aliphatic heterocycles. The van der Waals surface area contributed by atoms with Crippen molar-refractivity contribution in [3.8, 4) is 0 Å². The molecular weight excluding hydrogens is 228 g/mol. The molecule has 0 radical (unpaired) electrons. The van der Waals surface area contributed by atoms with E-state index in [-0.39, 0.29) is 6.61 Å². The van der Waals surface area contributed by atoms with Crippen LogP contribution in [0.2, 0.25) is 0 Å². The molecule has 1 aromatic heterocycles. The zero-order valence-corrected chi connectivity index (χ0v) is 9.82. The normalized spacial score (nSPS) is 10.7. The van der Waals surface area contributed by atoms with Crippen molar-refractivity contribution in [2.45, 2.75) is 0 Å². The molecule has 5 heteroatoms. The second-order valence-electron chi connectivity index (χ2n) is 3.61. The second-order valence-corrected chi connectivity index (χ2v) is 3.61. The molecule has 2 N–H and O–H groups in total. The van der Waals surface area contributed by atoms with Crippen molar-refractivity contribution in [2.24, 2.45) is 10.2 Å². The number of aliphatic hydroxyl groups excluding tert-OH is 1. The number of nitrogens with zero attached hydrogens (tertiary/aromatic N) is 3. The average molecular weight is 242 g/mol. The molecule has 5 nitrogen and oxygen atoms in total. The van der Waals surface area contributed by atoms with Gasteiger partial charge in [-0.1, -0.05) is 0 Å². The Hall–Kier alpha value is -2.27. The summed E-state index contributed by atoms with van der Waals surface area (Å²) >= 11 is 0. The lowest BCUT2D eigenvalue weighted by molar-refractivity contribution is 0.311. The van der Waals surface area contributed by atoms with Crippen molar-refractivity contribution in [3.05, 3.63) is 48.8 Å². The van der Waals surface area contributed by atoms with Gasteiger partial charge in [0.15, 0.2) is 0 Å². The molecule has 2 rings (SSSR count). The van der Waals surface area contributed by atoms with Crippen LogP contribution >= 0.6 is 0 Å². The molecule has 1 aromatic carbocycles. The van der Waals surface area contributed by atoms with Crippen molar-refractivity contribution >= 4 is 17.1 Å². The minimum atomic E-state index is 0.114. The van der Waals surface area contributed by atoms with Gasteiger partial charge < -0.3 is 10.4 Å². The van der Waals surface area contributed by atoms with E-state index >= 15 is 0 Å². The Morgan fingerprint density at radius 1 is 1.06 bits per heavy atom. The first-order valence-electron chi connectivity index (χ1n) is 5.65. The fraction of sp³-hybridized carbons (Fsp3) is 0.154. The minimum absolute atomic E-state index is 0.114. The maximum absolute atomic E-state index is 8.69. The summed E-state index contributed by atoms with van der Waals surface area (Å²) in [7, 11) is 0. The van der Waals surface area contributed by atoms with E-state index in [4.69, 9.17) is 5.11 Å². The van der Waals surface area contributed by atoms with Gasteiger partial charge in [0, 0.05) is 18.4 Å². The van der Waals surface area contributed by atoms with Crippen LogP contribution < -0.4 is 5.32 Å². The Bertz CT molecular complexity index is 496. The monoisotopic (exact) mass is 242 g/mol. The van der Waals surface area contributed by atoms with Crippen molar-refractivity contribution in [1.29, 1.82) is 0 Å². The fourth-order valence-corrected chi connectivity index (χ4v) is 1.37. The molecule has 2 aromatic rings. The van der Waals surface area contributed by atoms with Gasteiger partial charge in [-0.3, -0.25) is 4.98 Å². The van der Waals surface area contributed by atoms with Gasteiger partial charge in [0.1, 0.15) is 5.69 Å². The van der Waals surface area contributed by atoms with Crippen LogP contribution in [0.25, 0.3) is 0 Å². The number of rotatable bonds is 5. The first kappa shape index (κ1) is 12.2. The molecule has 0 aliphatic carbocycles. The molecule has 1 heterocycles. The molecule has 0 unspecified atom stereocenters. The number of hydrogen-bond donors (Lipinski definition) is 2. The van der Waals surface area contributed by atoms with Crippen LogP contribution in [0.1, 0.15) is 0 Å². The summed E-state index contributed by atoms with van der Waals surface area (Å²) in [6, 6.07) is 11.2. The Morgan fingerprint density at radius 2 is 1.83 bits per heavy atom. The molecular formula is C13H14N4O. The van der Waals surface area contributed by atoms with E-state index in [9.17, 15) is 0 Å². The lowest BCUT2D eigenvalue weighted by atomic mass is 10.3. The van der Waals surface area contributed by atoms with Crippen molar-refractivity contribution in [1.82, 2.24) is 4.98 Å². The van der Waals surface area contributed by atoms with E-state index in [0.717, 1.165) is 17.1 Å². The third-order valence-corrected chi connectivity index (χ3v) is 2.24. The first-order chi connectivity index (χ1) is 8.88. The Labute approximate surface area is 105 Å². The highest BCUT2D eigenvalue weighted by molar-refractivity contribution is 5.50. The highest BCUT2D eigenvalue weighted by atomic mass is 16.3. The van der Waals surface area contributed by atoms with Crippen LogP contribution in [0, 0.1) is 0 Å². The third-order valence-electron chi connectivity index (χ3n) is 2.24. The number of anilines is 1. The molecule has 0 saturated heterocycles. The predicted molar refractivity (Wildman–Crippen MR) is 70.4 cm³/mol. The van der Waals surface area contributed by atoms with Crippen LogP contribution in [0.15, 0.2) is 59.0 Å². The van der Waals surface area contributed by atoms with E-state index in [1.54, 1.807) is 12.4 Å². The SMILES string of the molecule is OCCNc1ccc(N=Nc2cccnc2)cc1. The summed E-state index contributed by atoms with van der Waals surface area (Å²) in [6.45, 7) is 0.652. The molecule has 0 bridgehead atoms. The van der Waals surface area contributed by atoms with Crippen molar-refractivity contribution in [3.63, 3.8) is 0 Å². The number of aliphatic hydroxyl groups is 1. The lowest BCUT2D eigenvalue weighted by Crippen LogP contribution is -2.04. The van der Waals surface area contributed by atoms with Gasteiger partial charge >= 0.3 is 0 Å². The highest BCUT2D eigenvalue weighted by Gasteiger charge is 1.93. The number of benzene rings is 1. The van der Waals surface area contributed by atoms with E-state index in [0.29, 0.717) is 6.54 Å². The summed E-state index contributed by atoms with van der Waals surface area (Å²) < 4.78 is 0. The van der Waals surface area contributed by atoms with Crippen molar-refractivity contribution < 1.29 is 5.11 Å². The zero-order chi connectivity index (χ0) is 12.6. The summed E-state index contributed by atoms with van der Waals surface area (Å²) in [4.78, 5) is 3.96. The summed E-state index contributed by atoms with van der Waals surface area (Å²) in [5, 5.41) is 19.9. The summed E-state index contributed by atoms with van der Waals surface area (Å²) in [5.74, 6) is 0. The van der Waals surface area contributed by atoms with Gasteiger partial charge in [0.25, 0.3) is 0 Å². The minimum Gasteiger partial charge on any atom is -0.395 e. The molecule has 0 spiro atoms. The van der Waals surface area contributed by atoms with E-state index < -0.39 is 0 Å². The van der Waals surface area contributed by atoms with E-state index in [2.05, 4.69) is 20.5 Å². The third kappa shape index (κ3) is 3.64. The smallest absolute Gasteiger partial charge is 0.104 e. The summed E-state index contributed by atoms with van der Waals surface area (Å²) in [6.07, 6.45) is 3.35. The van der Waals surface area contributed by atoms with E-state index in [1.165, 1.54) is 0 Å². The Balaban J connectivity index is 2.00. The van der Waals surface area contributed by atoms with Gasteiger partial charge in [-0.25, -0.2) is 0 Å². The molecule has 92 valence electrons. The lowest BCUT2D eigenvalue weighted by Gasteiger charge is -2.03. The number of pyridine rings is 1. The molecule has 0 aliphatic rings. The van der Waals surface area contributed by atoms with Crippen LogP contribution in [-0.2, 0) is 0 Å². The average Bonchev–Trinajstić information content (AvgIpc) is 2.45. The first-order valence-corrected chi connectivity index (χ1v) is 5.65. The summed E-state index contributed by atoms with van der Waals surface area (Å²) in [5.41, 5.74) is 2.44. The van der Waals surface area contributed by atoms with Crippen LogP contribution in [-0.4, -0.2) is 23.2 Å². The molecule has 0 saturated carbocycles. The van der Waals surface area contributed by atoms with Gasteiger partial charge in [0.05, 0.1) is 18.5 Å². The maximum atomic E-state index is 8.69. The van der Waals surface area contributed by atoms with Crippen LogP contribution in [0.5, 0.6) is 0 Å². The van der Waals surface area contributed by atoms with Gasteiger partial charge in [-0.05, 0) is 36.4 Å². The molecule has 18 heavy (non-hydrogen) atoms.